The van der Waals surface area contributed by atoms with Gasteiger partial charge in [-0.1, -0.05) is 128 Å². The Morgan fingerprint density at radius 1 is 0.323 bits per heavy atom. The molecule has 20 atom stereocenters. The monoisotopic (exact) mass is 1870 g/mol. The Morgan fingerprint density at radius 2 is 0.571 bits per heavy atom. The number of benzene rings is 4. The topological polar surface area (TPSA) is 429 Å². The summed E-state index contributed by atoms with van der Waals surface area (Å²) in [4.78, 5) is 95.1. The zero-order chi connectivity index (χ0) is 95.9. The van der Waals surface area contributed by atoms with Gasteiger partial charge >= 0.3 is 47.9 Å². The summed E-state index contributed by atoms with van der Waals surface area (Å²) in [6, 6.07) is 23.2. The Bertz CT molecular complexity index is 4110. The van der Waals surface area contributed by atoms with E-state index in [1.807, 2.05) is 62.4 Å². The molecule has 133 heavy (non-hydrogen) atoms. The second-order valence-corrected chi connectivity index (χ2v) is 37.9. The molecule has 0 aliphatic heterocycles. The van der Waals surface area contributed by atoms with Gasteiger partial charge in [-0.05, 0) is 333 Å². The number of aliphatic hydroxyl groups is 4. The van der Waals surface area contributed by atoms with Crippen LogP contribution in [0.4, 0.5) is 4.79 Å². The van der Waals surface area contributed by atoms with Crippen molar-refractivity contribution in [3.8, 4) is 23.0 Å². The summed E-state index contributed by atoms with van der Waals surface area (Å²) in [6.07, 6.45) is 28.1. The molecule has 0 saturated heterocycles. The van der Waals surface area contributed by atoms with Gasteiger partial charge in [-0.2, -0.15) is 5.26 Å². The molecule has 8 aliphatic carbocycles. The van der Waals surface area contributed by atoms with Gasteiger partial charge in [-0.25, -0.2) is 38.4 Å². The van der Waals surface area contributed by atoms with Crippen molar-refractivity contribution in [2.45, 2.75) is 322 Å². The number of carboxylic acid groups (broad SMARTS) is 4. The van der Waals surface area contributed by atoms with E-state index >= 15 is 0 Å². The number of carbonyl (C=O) groups excluding carboxylic acids is 4. The Kier molecular flexibility index (Phi) is 46.1. The predicted octanol–water partition coefficient (Wildman–Crippen LogP) is 16.3. The molecule has 0 heterocycles. The zero-order valence-electron chi connectivity index (χ0n) is 79.5. The second-order valence-electron chi connectivity index (χ2n) is 37.9. The smallest absolute Gasteiger partial charge is 0.482 e. The van der Waals surface area contributed by atoms with E-state index in [0.717, 1.165) is 240 Å². The van der Waals surface area contributed by atoms with Crippen LogP contribution in [0.25, 0.3) is 0 Å². The first-order valence-corrected chi connectivity index (χ1v) is 49.5. The Labute approximate surface area is 785 Å². The molecule has 0 spiro atoms. The van der Waals surface area contributed by atoms with Crippen LogP contribution in [0.2, 0.25) is 0 Å². The summed E-state index contributed by atoms with van der Waals surface area (Å²) in [5.74, 6) is 1.00. The molecule has 0 aromatic heterocycles. The van der Waals surface area contributed by atoms with E-state index < -0.39 is 36.1 Å². The van der Waals surface area contributed by atoms with Crippen molar-refractivity contribution >= 4 is 47.9 Å². The highest BCUT2D eigenvalue weighted by Crippen LogP contribution is 2.54. The number of esters is 3. The molecule has 4 saturated carbocycles. The van der Waals surface area contributed by atoms with Crippen molar-refractivity contribution in [1.29, 1.82) is 0 Å². The number of carbonyl (C=O) groups is 8. The van der Waals surface area contributed by atoms with Gasteiger partial charge < -0.3 is 93.0 Å². The van der Waals surface area contributed by atoms with Gasteiger partial charge in [0.15, 0.2) is 26.4 Å². The lowest BCUT2D eigenvalue weighted by atomic mass is 9.73. The molecule has 0 bridgehead atoms. The van der Waals surface area contributed by atoms with E-state index in [9.17, 15) is 58.8 Å². The number of unbranched alkanes of at least 4 members (excludes halogenated alkanes) is 8. The van der Waals surface area contributed by atoms with E-state index in [0.29, 0.717) is 103 Å². The average molecular weight is 1870 g/mol. The number of carboxylic acids is 4. The highest BCUT2D eigenvalue weighted by molar-refractivity contribution is 5.72. The molecular formula is C104H152O29. The summed E-state index contributed by atoms with van der Waals surface area (Å²) in [5.41, 5.74) is 9.00. The molecule has 0 amide bonds. The lowest BCUT2D eigenvalue weighted by Crippen LogP contribution is -2.29. The largest absolute Gasteiger partial charge is 0.540 e. The predicted molar refractivity (Wildman–Crippen MR) is 494 cm³/mol. The number of ether oxygens (including phenoxy) is 11. The average Bonchev–Trinajstić information content (AvgIpc) is 1.62. The molecule has 9 N–H and O–H groups in total. The maximum absolute atomic E-state index is 12.2. The van der Waals surface area contributed by atoms with Crippen molar-refractivity contribution in [3.05, 3.63) is 117 Å². The van der Waals surface area contributed by atoms with Gasteiger partial charge in [0.05, 0.1) is 24.4 Å². The zero-order valence-corrected chi connectivity index (χ0v) is 79.5. The number of rotatable bonds is 52. The van der Waals surface area contributed by atoms with Crippen molar-refractivity contribution in [2.75, 3.05) is 66.6 Å². The Hall–Kier alpha value is -8.68. The summed E-state index contributed by atoms with van der Waals surface area (Å²) >= 11 is 0. The summed E-state index contributed by atoms with van der Waals surface area (Å²) in [5, 5.41) is 88.0. The normalized spacial score (nSPS) is 24.5. The summed E-state index contributed by atoms with van der Waals surface area (Å²) < 4.78 is 59.8. The summed E-state index contributed by atoms with van der Waals surface area (Å²) in [6.45, 7) is 11.8. The third-order valence-corrected chi connectivity index (χ3v) is 28.9. The minimum atomic E-state index is -1.09. The van der Waals surface area contributed by atoms with Gasteiger partial charge in [-0.15, -0.1) is 0 Å². The maximum Gasteiger partial charge on any atom is 0.540 e. The number of fused-ring (bicyclic) bond motifs is 8. The van der Waals surface area contributed by atoms with Crippen LogP contribution < -0.4 is 18.9 Å². The molecule has 4 aromatic rings. The van der Waals surface area contributed by atoms with Crippen LogP contribution in [-0.4, -0.2) is 209 Å². The SMILES string of the molecule is CCCCC[C@@H](CC[C@@H]1[C@H]2Cc3cccc(OCC(=O)O)c3C[C@H]2C[C@H]1O)OC(=O)COC.CCCCC[C@@H](CC[C@@H]1[C@H]2Cc3cccc(OCC(=O)O)c3C[C@H]2C[C@H]1O)OC(=O)COCC.CCCCC[C@@H](CC[C@@H]1[C@H]2Cc3cccc(OCC(=O)O)c3C[C@H]2C[C@H]1O)OC(=O)COCC.CCCCC[C@@H](CC[C@@H]1[C@H]2Cc3cccc(OCC(=O)O)c3C[C@H]2C[C@H]1O)OC(=O)OO. The molecule has 742 valence electrons. The van der Waals surface area contributed by atoms with Gasteiger partial charge in [-0.3, -0.25) is 4.89 Å². The molecule has 0 radical (unpaired) electrons. The van der Waals surface area contributed by atoms with E-state index in [2.05, 4.69) is 56.8 Å². The van der Waals surface area contributed by atoms with Gasteiger partial charge in [0.1, 0.15) is 67.2 Å². The molecule has 29 nitrogen and oxygen atoms in total. The van der Waals surface area contributed by atoms with Crippen LogP contribution in [0.1, 0.15) is 266 Å². The van der Waals surface area contributed by atoms with Crippen molar-refractivity contribution in [2.24, 2.45) is 71.0 Å². The Morgan fingerprint density at radius 3 is 0.797 bits per heavy atom. The Balaban J connectivity index is 0.000000199. The lowest BCUT2D eigenvalue weighted by molar-refractivity contribution is -0.206. The third kappa shape index (κ3) is 33.6. The number of hydrogen-bond donors (Lipinski definition) is 9. The third-order valence-electron chi connectivity index (χ3n) is 28.9. The molecular weight excluding hydrogens is 1710 g/mol. The van der Waals surface area contributed by atoms with Crippen LogP contribution in [0, 0.1) is 71.0 Å². The van der Waals surface area contributed by atoms with Crippen molar-refractivity contribution in [3.63, 3.8) is 0 Å². The van der Waals surface area contributed by atoms with E-state index in [1.54, 1.807) is 0 Å². The molecule has 29 heteroatoms. The van der Waals surface area contributed by atoms with Crippen LogP contribution in [0.15, 0.2) is 72.8 Å². The minimum Gasteiger partial charge on any atom is -0.482 e. The van der Waals surface area contributed by atoms with Gasteiger partial charge in [0, 0.05) is 20.3 Å². The molecule has 0 unspecified atom stereocenters. The number of aliphatic carboxylic acids is 4. The van der Waals surface area contributed by atoms with Gasteiger partial charge in [0.2, 0.25) is 0 Å². The lowest BCUT2D eigenvalue weighted by Gasteiger charge is -2.32. The number of hydrogen-bond acceptors (Lipinski definition) is 25. The molecule has 4 fully saturated rings. The highest BCUT2D eigenvalue weighted by atomic mass is 17.1. The summed E-state index contributed by atoms with van der Waals surface area (Å²) in [7, 11) is 1.49. The van der Waals surface area contributed by atoms with Crippen LogP contribution in [-0.2, 0) is 123 Å². The standard InChI is InChI=1S/2C27H40O7.C26H38O7.C24H34O8/c2*1-3-5-6-9-20(34-27(31)17-32-4-2)11-12-21-22-13-18-8-7-10-25(33-16-26(29)30)23(18)14-19(22)15-24(21)28;1-3-4-5-8-19(33-26(30)16-31-2)10-11-20-21-12-17-7-6-9-24(32-15-25(28)29)22(17)13-18(21)14-23(20)27;1-2-3-4-7-17(31-24(28)32-29)9-10-18-19-11-15-6-5-8-22(30-14-23(26)27)20(15)12-16(19)13-21(18)25/h2*7-8,10,19-22,24,28H,3-6,9,11-17H2,1-2H3,(H,29,30);6-7,9,18-21,23,27H,3-5,8,10-16H2,1-2H3,(H,28,29);5-6,8,16-19,21,25,29H,2-4,7,9-14H2,1H3,(H,26,27)/t2*19-,20-,21+,22-,24+;18-,19-,20+,21-,23+;16-,17-,18+,19-,21+/m0000/s1. The second kappa shape index (κ2) is 56.7. The number of methoxy groups -OCH3 is 1. The van der Waals surface area contributed by atoms with Crippen LogP contribution >= 0.6 is 0 Å². The maximum atomic E-state index is 12.2. The van der Waals surface area contributed by atoms with E-state index in [-0.39, 0.29) is 131 Å². The quantitative estimate of drug-likeness (QED) is 0.00652. The fraction of sp³-hybridized carbons (Fsp3) is 0.692. The first-order valence-electron chi connectivity index (χ1n) is 49.5. The minimum absolute atomic E-state index is 0.0133. The van der Waals surface area contributed by atoms with Crippen molar-refractivity contribution < 1.29 is 141 Å². The fourth-order valence-corrected chi connectivity index (χ4v) is 22.7. The van der Waals surface area contributed by atoms with Crippen LogP contribution in [0.3, 0.4) is 0 Å². The molecule has 4 aromatic carbocycles. The van der Waals surface area contributed by atoms with Gasteiger partial charge in [0.25, 0.3) is 0 Å². The molecule has 8 aliphatic rings. The molecule has 12 rings (SSSR count). The first-order chi connectivity index (χ1) is 64.2. The van der Waals surface area contributed by atoms with E-state index in [1.165, 1.54) is 23.8 Å². The first kappa shape index (κ1) is 108. The highest BCUT2D eigenvalue weighted by Gasteiger charge is 2.50. The fourth-order valence-electron chi connectivity index (χ4n) is 22.7. The number of aliphatic hydroxyl groups excluding tert-OH is 4. The van der Waals surface area contributed by atoms with Crippen molar-refractivity contribution in [1.82, 2.24) is 0 Å². The van der Waals surface area contributed by atoms with Crippen LogP contribution in [0.5, 0.6) is 23.0 Å². The van der Waals surface area contributed by atoms with E-state index in [4.69, 9.17) is 77.8 Å².